The number of hydrogen-bond acceptors (Lipinski definition) is 7. The molecule has 0 aliphatic carbocycles. The maximum Gasteiger partial charge on any atom is 0.326 e. The van der Waals surface area contributed by atoms with Crippen molar-refractivity contribution >= 4 is 48.1 Å². The predicted octanol–water partition coefficient (Wildman–Crippen LogP) is -0.787. The number of amides is 3. The van der Waals surface area contributed by atoms with E-state index in [1.54, 1.807) is 11.8 Å². The van der Waals surface area contributed by atoms with Crippen molar-refractivity contribution < 1.29 is 24.3 Å². The van der Waals surface area contributed by atoms with Gasteiger partial charge in [-0.05, 0) is 30.8 Å². The number of carboxylic acids is 1. The number of nitrogens with one attached hydrogen (secondary N) is 3. The molecular formula is C16H30N4O5S2. The van der Waals surface area contributed by atoms with Crippen molar-refractivity contribution in [1.82, 2.24) is 16.0 Å². The number of carboxylic acid groups (broad SMARTS) is 1. The van der Waals surface area contributed by atoms with Crippen molar-refractivity contribution in [2.75, 3.05) is 24.3 Å². The SMILES string of the molecule is CSCCC(N)C(=O)NC(CS)C(=O)NCC(=O)NC(CC(C)C)C(=O)O. The van der Waals surface area contributed by atoms with E-state index in [2.05, 4.69) is 28.6 Å². The molecule has 0 aliphatic rings. The zero-order valence-corrected chi connectivity index (χ0v) is 17.6. The van der Waals surface area contributed by atoms with Gasteiger partial charge in [0, 0.05) is 5.75 Å². The van der Waals surface area contributed by atoms with Crippen molar-refractivity contribution in [3.8, 4) is 0 Å². The van der Waals surface area contributed by atoms with Crippen LogP contribution in [0.4, 0.5) is 0 Å². The molecule has 0 rings (SSSR count). The van der Waals surface area contributed by atoms with Crippen molar-refractivity contribution in [2.24, 2.45) is 11.7 Å². The molecule has 0 aromatic rings. The molecule has 0 aromatic carbocycles. The quantitative estimate of drug-likeness (QED) is 0.213. The maximum absolute atomic E-state index is 12.1. The van der Waals surface area contributed by atoms with Crippen LogP contribution in [0.25, 0.3) is 0 Å². The van der Waals surface area contributed by atoms with Crippen LogP contribution in [-0.2, 0) is 19.2 Å². The fraction of sp³-hybridized carbons (Fsp3) is 0.750. The van der Waals surface area contributed by atoms with E-state index in [1.165, 1.54) is 0 Å². The molecule has 0 aromatic heterocycles. The molecule has 0 aliphatic heterocycles. The first-order valence-electron chi connectivity index (χ1n) is 8.57. The number of thiol groups is 1. The van der Waals surface area contributed by atoms with Gasteiger partial charge >= 0.3 is 5.97 Å². The number of aliphatic carboxylic acids is 1. The van der Waals surface area contributed by atoms with Crippen LogP contribution in [0.15, 0.2) is 0 Å². The number of hydrogen-bond donors (Lipinski definition) is 6. The second-order valence-corrected chi connectivity index (χ2v) is 7.79. The van der Waals surface area contributed by atoms with E-state index in [0.717, 1.165) is 0 Å². The first kappa shape index (κ1) is 25.5. The highest BCUT2D eigenvalue weighted by Crippen LogP contribution is 2.04. The summed E-state index contributed by atoms with van der Waals surface area (Å²) in [4.78, 5) is 47.1. The van der Waals surface area contributed by atoms with Gasteiger partial charge in [-0.15, -0.1) is 0 Å². The normalized spacial score (nSPS) is 14.1. The summed E-state index contributed by atoms with van der Waals surface area (Å²) in [5, 5.41) is 16.3. The minimum absolute atomic E-state index is 0.0273. The zero-order chi connectivity index (χ0) is 21.0. The second-order valence-electron chi connectivity index (χ2n) is 6.44. The lowest BCUT2D eigenvalue weighted by atomic mass is 10.0. The van der Waals surface area contributed by atoms with Crippen LogP contribution >= 0.6 is 24.4 Å². The third kappa shape index (κ3) is 11.1. The smallest absolute Gasteiger partial charge is 0.326 e. The number of rotatable bonds is 13. The molecule has 0 spiro atoms. The topological polar surface area (TPSA) is 151 Å². The lowest BCUT2D eigenvalue weighted by molar-refractivity contribution is -0.142. The summed E-state index contributed by atoms with van der Waals surface area (Å²) < 4.78 is 0. The molecule has 3 atom stereocenters. The minimum atomic E-state index is -1.14. The molecule has 0 radical (unpaired) electrons. The van der Waals surface area contributed by atoms with E-state index in [1.807, 2.05) is 20.1 Å². The fourth-order valence-electron chi connectivity index (χ4n) is 2.08. The van der Waals surface area contributed by atoms with Gasteiger partial charge in [0.25, 0.3) is 0 Å². The van der Waals surface area contributed by atoms with Gasteiger partial charge in [0.05, 0.1) is 12.6 Å². The standard InChI is InChI=1S/C16H30N4O5S2/c1-9(2)6-11(16(24)25)19-13(21)7-18-15(23)12(8-26)20-14(22)10(17)4-5-27-3/h9-12,26H,4-8,17H2,1-3H3,(H,18,23)(H,19,21)(H,20,22)(H,24,25). The van der Waals surface area contributed by atoms with Crippen molar-refractivity contribution in [2.45, 2.75) is 44.8 Å². The Hall–Kier alpha value is -1.46. The molecule has 3 amide bonds. The van der Waals surface area contributed by atoms with E-state index >= 15 is 0 Å². The molecule has 27 heavy (non-hydrogen) atoms. The highest BCUT2D eigenvalue weighted by molar-refractivity contribution is 7.98. The van der Waals surface area contributed by atoms with E-state index in [0.29, 0.717) is 12.2 Å². The molecular weight excluding hydrogens is 392 g/mol. The van der Waals surface area contributed by atoms with Crippen molar-refractivity contribution in [3.05, 3.63) is 0 Å². The summed E-state index contributed by atoms with van der Waals surface area (Å²) in [6, 6.07) is -2.70. The molecule has 9 nitrogen and oxygen atoms in total. The van der Waals surface area contributed by atoms with Gasteiger partial charge in [0.2, 0.25) is 17.7 Å². The highest BCUT2D eigenvalue weighted by Gasteiger charge is 2.24. The van der Waals surface area contributed by atoms with Gasteiger partial charge in [-0.2, -0.15) is 24.4 Å². The average molecular weight is 423 g/mol. The summed E-state index contributed by atoms with van der Waals surface area (Å²) in [5.74, 6) is -2.00. The van der Waals surface area contributed by atoms with Crippen molar-refractivity contribution in [1.29, 1.82) is 0 Å². The van der Waals surface area contributed by atoms with Crippen LogP contribution in [0.2, 0.25) is 0 Å². The Morgan fingerprint density at radius 3 is 2.22 bits per heavy atom. The second kappa shape index (κ2) is 13.7. The molecule has 11 heteroatoms. The number of carbonyl (C=O) groups is 4. The van der Waals surface area contributed by atoms with Crippen LogP contribution in [0, 0.1) is 5.92 Å². The number of carbonyl (C=O) groups excluding carboxylic acids is 3. The summed E-state index contributed by atoms with van der Waals surface area (Å²) in [6.07, 6.45) is 2.65. The van der Waals surface area contributed by atoms with Crippen LogP contribution in [0.3, 0.4) is 0 Å². The van der Waals surface area contributed by atoms with Crippen LogP contribution in [0.1, 0.15) is 26.7 Å². The van der Waals surface area contributed by atoms with Gasteiger partial charge in [-0.3, -0.25) is 14.4 Å². The molecule has 0 bridgehead atoms. The molecule has 3 unspecified atom stereocenters. The summed E-state index contributed by atoms with van der Waals surface area (Å²) in [5.41, 5.74) is 5.75. The van der Waals surface area contributed by atoms with E-state index in [9.17, 15) is 19.2 Å². The Balaban J connectivity index is 4.52. The van der Waals surface area contributed by atoms with Gasteiger partial charge in [-0.1, -0.05) is 13.8 Å². The van der Waals surface area contributed by atoms with Crippen LogP contribution in [-0.4, -0.2) is 71.2 Å². The Labute approximate surface area is 169 Å². The first-order chi connectivity index (χ1) is 12.6. The zero-order valence-electron chi connectivity index (χ0n) is 15.9. The lowest BCUT2D eigenvalue weighted by Crippen LogP contribution is -2.54. The van der Waals surface area contributed by atoms with Gasteiger partial charge in [-0.25, -0.2) is 4.79 Å². The third-order valence-corrected chi connectivity index (χ3v) is 4.56. The molecule has 0 fully saturated rings. The Kier molecular flexibility index (Phi) is 12.9. The van der Waals surface area contributed by atoms with Crippen LogP contribution < -0.4 is 21.7 Å². The maximum atomic E-state index is 12.1. The minimum Gasteiger partial charge on any atom is -0.480 e. The summed E-state index contributed by atoms with van der Waals surface area (Å²) in [7, 11) is 0. The van der Waals surface area contributed by atoms with Gasteiger partial charge in [0.15, 0.2) is 0 Å². The van der Waals surface area contributed by atoms with Crippen LogP contribution in [0.5, 0.6) is 0 Å². The molecule has 156 valence electrons. The molecule has 6 N–H and O–H groups in total. The number of nitrogens with two attached hydrogens (primary N) is 1. The predicted molar refractivity (Wildman–Crippen MR) is 109 cm³/mol. The Morgan fingerprint density at radius 2 is 1.74 bits per heavy atom. The Bertz CT molecular complexity index is 519. The summed E-state index contributed by atoms with van der Waals surface area (Å²) in [6.45, 7) is 3.28. The third-order valence-electron chi connectivity index (χ3n) is 3.55. The molecule has 0 saturated carbocycles. The fourth-order valence-corrected chi connectivity index (χ4v) is 2.82. The van der Waals surface area contributed by atoms with E-state index in [4.69, 9.17) is 10.8 Å². The number of thioether (sulfide) groups is 1. The lowest BCUT2D eigenvalue weighted by Gasteiger charge is -2.20. The Morgan fingerprint density at radius 1 is 1.11 bits per heavy atom. The van der Waals surface area contributed by atoms with Gasteiger partial charge < -0.3 is 26.8 Å². The van der Waals surface area contributed by atoms with E-state index < -0.39 is 48.4 Å². The van der Waals surface area contributed by atoms with E-state index in [-0.39, 0.29) is 18.1 Å². The van der Waals surface area contributed by atoms with Crippen molar-refractivity contribution in [3.63, 3.8) is 0 Å². The monoisotopic (exact) mass is 422 g/mol. The van der Waals surface area contributed by atoms with Gasteiger partial charge in [0.1, 0.15) is 12.1 Å². The molecule has 0 saturated heterocycles. The highest BCUT2D eigenvalue weighted by atomic mass is 32.2. The first-order valence-corrected chi connectivity index (χ1v) is 10.6. The average Bonchev–Trinajstić information content (AvgIpc) is 2.60. The summed E-state index contributed by atoms with van der Waals surface area (Å²) >= 11 is 5.59. The molecule has 0 heterocycles. The largest absolute Gasteiger partial charge is 0.480 e.